The summed E-state index contributed by atoms with van der Waals surface area (Å²) in [5.41, 5.74) is 0. The first-order valence-corrected chi connectivity index (χ1v) is 6.30. The molecule has 86 valence electrons. The molecule has 0 radical (unpaired) electrons. The molecule has 1 aliphatic heterocycles. The summed E-state index contributed by atoms with van der Waals surface area (Å²) < 4.78 is 0. The summed E-state index contributed by atoms with van der Waals surface area (Å²) in [5, 5.41) is 3.39. The van der Waals surface area contributed by atoms with Gasteiger partial charge in [0, 0.05) is 19.0 Å². The summed E-state index contributed by atoms with van der Waals surface area (Å²) in [6.07, 6.45) is 4.64. The highest BCUT2D eigenvalue weighted by molar-refractivity contribution is 5.81. The first-order chi connectivity index (χ1) is 7.31. The molecular formula is C12H22N2O. The van der Waals surface area contributed by atoms with Crippen LogP contribution in [-0.4, -0.2) is 37.0 Å². The first kappa shape index (κ1) is 10.9. The molecule has 0 spiro atoms. The van der Waals surface area contributed by atoms with E-state index in [1.807, 2.05) is 0 Å². The third kappa shape index (κ3) is 2.94. The molecule has 2 aliphatic rings. The van der Waals surface area contributed by atoms with Gasteiger partial charge in [-0.2, -0.15) is 0 Å². The summed E-state index contributed by atoms with van der Waals surface area (Å²) in [4.78, 5) is 13.9. The molecule has 0 bridgehead atoms. The highest BCUT2D eigenvalue weighted by Crippen LogP contribution is 2.32. The zero-order valence-corrected chi connectivity index (χ0v) is 9.67. The van der Waals surface area contributed by atoms with Crippen molar-refractivity contribution in [3.63, 3.8) is 0 Å². The molecule has 0 unspecified atom stereocenters. The molecule has 1 aliphatic carbocycles. The number of piperidine rings is 1. The minimum atomic E-state index is 0.398. The van der Waals surface area contributed by atoms with Crippen molar-refractivity contribution in [3.05, 3.63) is 0 Å². The molecular weight excluding hydrogens is 188 g/mol. The Balaban J connectivity index is 1.69. The first-order valence-electron chi connectivity index (χ1n) is 6.30. The fraction of sp³-hybridized carbons (Fsp3) is 0.917. The van der Waals surface area contributed by atoms with E-state index in [1.54, 1.807) is 0 Å². The molecule has 2 rings (SSSR count). The van der Waals surface area contributed by atoms with Crippen LogP contribution in [0.4, 0.5) is 0 Å². The molecule has 1 amide bonds. The largest absolute Gasteiger partial charge is 0.342 e. The van der Waals surface area contributed by atoms with Crippen LogP contribution in [0.1, 0.15) is 32.6 Å². The third-order valence-corrected chi connectivity index (χ3v) is 3.54. The Hall–Kier alpha value is -0.570. The predicted molar refractivity (Wildman–Crippen MR) is 60.6 cm³/mol. The van der Waals surface area contributed by atoms with E-state index < -0.39 is 0 Å². The molecule has 0 aromatic heterocycles. The molecule has 3 heteroatoms. The van der Waals surface area contributed by atoms with Crippen molar-refractivity contribution in [1.82, 2.24) is 10.2 Å². The number of nitrogens with one attached hydrogen (secondary N) is 1. The number of hydrogen-bond donors (Lipinski definition) is 1. The Morgan fingerprint density at radius 1 is 1.27 bits per heavy atom. The normalized spacial score (nSPS) is 23.1. The molecule has 15 heavy (non-hydrogen) atoms. The van der Waals surface area contributed by atoms with Crippen molar-refractivity contribution in [2.24, 2.45) is 11.8 Å². The van der Waals surface area contributed by atoms with Crippen LogP contribution in [-0.2, 0) is 4.79 Å². The topological polar surface area (TPSA) is 32.3 Å². The van der Waals surface area contributed by atoms with Crippen LogP contribution in [0.5, 0.6) is 0 Å². The van der Waals surface area contributed by atoms with E-state index in [2.05, 4.69) is 17.1 Å². The molecule has 0 aromatic rings. The summed E-state index contributed by atoms with van der Waals surface area (Å²) >= 11 is 0. The van der Waals surface area contributed by atoms with Crippen LogP contribution in [0.2, 0.25) is 0 Å². The fourth-order valence-electron chi connectivity index (χ4n) is 2.29. The summed E-state index contributed by atoms with van der Waals surface area (Å²) in [6, 6.07) is 0. The fourth-order valence-corrected chi connectivity index (χ4v) is 2.29. The van der Waals surface area contributed by atoms with Gasteiger partial charge in [-0.15, -0.1) is 0 Å². The van der Waals surface area contributed by atoms with E-state index >= 15 is 0 Å². The van der Waals surface area contributed by atoms with E-state index in [1.165, 1.54) is 12.8 Å². The van der Waals surface area contributed by atoms with Gasteiger partial charge in [0.05, 0.1) is 0 Å². The molecule has 3 nitrogen and oxygen atoms in total. The highest BCUT2D eigenvalue weighted by atomic mass is 16.2. The van der Waals surface area contributed by atoms with Gasteiger partial charge < -0.3 is 10.2 Å². The van der Waals surface area contributed by atoms with E-state index in [0.717, 1.165) is 44.9 Å². The average molecular weight is 210 g/mol. The standard InChI is InChI=1S/C12H22N2O/c1-2-13-9-10-5-7-14(8-6-10)12(15)11-3-4-11/h10-11,13H,2-9H2,1H3. The van der Waals surface area contributed by atoms with Gasteiger partial charge in [0.2, 0.25) is 5.91 Å². The maximum Gasteiger partial charge on any atom is 0.225 e. The number of likely N-dealkylation sites (tertiary alicyclic amines) is 1. The van der Waals surface area contributed by atoms with Crippen molar-refractivity contribution in [3.8, 4) is 0 Å². The van der Waals surface area contributed by atoms with Gasteiger partial charge in [0.1, 0.15) is 0 Å². The number of carbonyl (C=O) groups is 1. The lowest BCUT2D eigenvalue weighted by atomic mass is 9.96. The molecule has 1 N–H and O–H groups in total. The zero-order chi connectivity index (χ0) is 10.7. The minimum Gasteiger partial charge on any atom is -0.342 e. The second-order valence-corrected chi connectivity index (χ2v) is 4.85. The van der Waals surface area contributed by atoms with Crippen molar-refractivity contribution in [2.75, 3.05) is 26.2 Å². The average Bonchev–Trinajstić information content (AvgIpc) is 3.10. The Morgan fingerprint density at radius 3 is 2.47 bits per heavy atom. The highest BCUT2D eigenvalue weighted by Gasteiger charge is 2.34. The van der Waals surface area contributed by atoms with Gasteiger partial charge in [-0.3, -0.25) is 4.79 Å². The second kappa shape index (κ2) is 4.97. The van der Waals surface area contributed by atoms with Crippen LogP contribution in [0.15, 0.2) is 0 Å². The molecule has 2 fully saturated rings. The minimum absolute atomic E-state index is 0.398. The van der Waals surface area contributed by atoms with Crippen LogP contribution in [0.3, 0.4) is 0 Å². The van der Waals surface area contributed by atoms with Crippen molar-refractivity contribution >= 4 is 5.91 Å². The number of carbonyl (C=O) groups excluding carboxylic acids is 1. The third-order valence-electron chi connectivity index (χ3n) is 3.54. The number of amides is 1. The van der Waals surface area contributed by atoms with Crippen molar-refractivity contribution in [2.45, 2.75) is 32.6 Å². The summed E-state index contributed by atoms with van der Waals surface area (Å²) in [5.74, 6) is 1.61. The lowest BCUT2D eigenvalue weighted by Crippen LogP contribution is -2.41. The predicted octanol–water partition coefficient (Wildman–Crippen LogP) is 1.24. The van der Waals surface area contributed by atoms with Gasteiger partial charge in [-0.05, 0) is 44.7 Å². The Morgan fingerprint density at radius 2 is 1.93 bits per heavy atom. The van der Waals surface area contributed by atoms with Crippen molar-refractivity contribution in [1.29, 1.82) is 0 Å². The number of rotatable bonds is 4. The van der Waals surface area contributed by atoms with Crippen LogP contribution >= 0.6 is 0 Å². The lowest BCUT2D eigenvalue weighted by molar-refractivity contribution is -0.133. The van der Waals surface area contributed by atoms with Crippen LogP contribution in [0, 0.1) is 11.8 Å². The maximum absolute atomic E-state index is 11.8. The summed E-state index contributed by atoms with van der Waals surface area (Å²) in [6.45, 7) is 6.31. The maximum atomic E-state index is 11.8. The molecule has 1 saturated carbocycles. The zero-order valence-electron chi connectivity index (χ0n) is 9.67. The second-order valence-electron chi connectivity index (χ2n) is 4.85. The van der Waals surface area contributed by atoms with Crippen LogP contribution in [0.25, 0.3) is 0 Å². The smallest absolute Gasteiger partial charge is 0.225 e. The van der Waals surface area contributed by atoms with Gasteiger partial charge in [0.25, 0.3) is 0 Å². The van der Waals surface area contributed by atoms with E-state index in [9.17, 15) is 4.79 Å². The van der Waals surface area contributed by atoms with Gasteiger partial charge in [0.15, 0.2) is 0 Å². The molecule has 0 aromatic carbocycles. The number of hydrogen-bond acceptors (Lipinski definition) is 2. The number of nitrogens with zero attached hydrogens (tertiary/aromatic N) is 1. The van der Waals surface area contributed by atoms with Crippen LogP contribution < -0.4 is 5.32 Å². The monoisotopic (exact) mass is 210 g/mol. The van der Waals surface area contributed by atoms with E-state index in [4.69, 9.17) is 0 Å². The lowest BCUT2D eigenvalue weighted by Gasteiger charge is -2.32. The quantitative estimate of drug-likeness (QED) is 0.757. The van der Waals surface area contributed by atoms with Crippen molar-refractivity contribution < 1.29 is 4.79 Å². The Labute approximate surface area is 92.2 Å². The molecule has 1 saturated heterocycles. The Bertz CT molecular complexity index is 218. The Kier molecular flexibility index (Phi) is 3.62. The van der Waals surface area contributed by atoms with Gasteiger partial charge >= 0.3 is 0 Å². The SMILES string of the molecule is CCNCC1CCN(C(=O)C2CC2)CC1. The van der Waals surface area contributed by atoms with Gasteiger partial charge in [-0.25, -0.2) is 0 Å². The van der Waals surface area contributed by atoms with Gasteiger partial charge in [-0.1, -0.05) is 6.92 Å². The molecule has 1 heterocycles. The summed E-state index contributed by atoms with van der Waals surface area (Å²) in [7, 11) is 0. The van der Waals surface area contributed by atoms with E-state index in [0.29, 0.717) is 11.8 Å². The van der Waals surface area contributed by atoms with E-state index in [-0.39, 0.29) is 0 Å². The molecule has 0 atom stereocenters.